The van der Waals surface area contributed by atoms with Gasteiger partial charge in [0.15, 0.2) is 0 Å². The molecule has 3 amide bonds. The highest BCUT2D eigenvalue weighted by molar-refractivity contribution is 6.02. The predicted molar refractivity (Wildman–Crippen MR) is 163 cm³/mol. The maximum absolute atomic E-state index is 14.3. The van der Waals surface area contributed by atoms with Crippen molar-refractivity contribution in [2.75, 3.05) is 31.5 Å². The van der Waals surface area contributed by atoms with Crippen LogP contribution in [0.4, 0.5) is 5.69 Å². The van der Waals surface area contributed by atoms with Gasteiger partial charge in [-0.05, 0) is 81.3 Å². The van der Waals surface area contributed by atoms with Crippen LogP contribution in [-0.2, 0) is 19.1 Å². The van der Waals surface area contributed by atoms with Gasteiger partial charge in [0.05, 0.1) is 17.9 Å². The molecule has 1 aromatic rings. The number of likely N-dealkylation sites (tertiary alicyclic amines) is 2. The fourth-order valence-corrected chi connectivity index (χ4v) is 8.21. The lowest BCUT2D eigenvalue weighted by Crippen LogP contribution is -2.58. The van der Waals surface area contributed by atoms with E-state index in [1.54, 1.807) is 4.90 Å². The van der Waals surface area contributed by atoms with Gasteiger partial charge in [0.1, 0.15) is 11.6 Å². The van der Waals surface area contributed by atoms with E-state index < -0.39 is 29.6 Å². The number of hydrogen-bond donors (Lipinski definition) is 2. The molecule has 0 aromatic heterocycles. The molecule has 4 heterocycles. The van der Waals surface area contributed by atoms with Crippen LogP contribution in [-0.4, -0.2) is 77.5 Å². The number of nitrogens with zero attached hydrogens (tertiary/aromatic N) is 2. The van der Waals surface area contributed by atoms with Gasteiger partial charge in [-0.1, -0.05) is 57.7 Å². The summed E-state index contributed by atoms with van der Waals surface area (Å²) in [5.74, 6) is -1.01. The molecule has 1 aromatic carbocycles. The Hall–Kier alpha value is -2.71. The molecule has 8 nitrogen and oxygen atoms in total. The molecule has 1 spiro atoms. The van der Waals surface area contributed by atoms with E-state index in [2.05, 4.69) is 29.4 Å². The predicted octanol–water partition coefficient (Wildman–Crippen LogP) is 4.21. The van der Waals surface area contributed by atoms with E-state index in [1.807, 2.05) is 44.2 Å². The van der Waals surface area contributed by atoms with Crippen LogP contribution in [0, 0.1) is 37.5 Å². The van der Waals surface area contributed by atoms with Crippen LogP contribution in [0.1, 0.15) is 69.9 Å². The number of benzene rings is 1. The van der Waals surface area contributed by atoms with Crippen molar-refractivity contribution in [1.29, 1.82) is 0 Å². The second-order valence-corrected chi connectivity index (χ2v) is 13.7. The number of nitrogens with one attached hydrogen (secondary N) is 2. The van der Waals surface area contributed by atoms with Gasteiger partial charge in [-0.25, -0.2) is 0 Å². The molecule has 3 saturated heterocycles. The summed E-state index contributed by atoms with van der Waals surface area (Å²) in [4.78, 5) is 46.6. The highest BCUT2D eigenvalue weighted by atomic mass is 16.5. The van der Waals surface area contributed by atoms with Gasteiger partial charge < -0.3 is 25.2 Å². The van der Waals surface area contributed by atoms with Crippen LogP contribution in [0.25, 0.3) is 0 Å². The molecule has 2 N–H and O–H groups in total. The molecular weight excluding hydrogens is 528 g/mol. The highest BCUT2D eigenvalue weighted by Crippen LogP contribution is 2.55. The molecule has 8 unspecified atom stereocenters. The summed E-state index contributed by atoms with van der Waals surface area (Å²) in [6.45, 7) is 11.8. The molecular formula is C34H48N4O4. The fraction of sp³-hybridized carbons (Fsp3) is 0.676. The number of carbonyl (C=O) groups excluding carboxylic acids is 3. The highest BCUT2D eigenvalue weighted by Gasteiger charge is 2.72. The Morgan fingerprint density at radius 2 is 1.74 bits per heavy atom. The zero-order valence-electron chi connectivity index (χ0n) is 25.7. The Balaban J connectivity index is 1.27. The van der Waals surface area contributed by atoms with Crippen molar-refractivity contribution in [3.8, 4) is 0 Å². The third kappa shape index (κ3) is 5.19. The van der Waals surface area contributed by atoms with Crippen LogP contribution >= 0.6 is 0 Å². The molecule has 8 atom stereocenters. The fourth-order valence-electron chi connectivity index (χ4n) is 8.21. The Bertz CT molecular complexity index is 1240. The van der Waals surface area contributed by atoms with Crippen molar-refractivity contribution in [1.82, 2.24) is 15.1 Å². The number of ether oxygens (including phenoxy) is 1. The minimum atomic E-state index is -1.13. The van der Waals surface area contributed by atoms with Gasteiger partial charge in [-0.2, -0.15) is 0 Å². The van der Waals surface area contributed by atoms with Gasteiger partial charge in [-0.15, -0.1) is 0 Å². The zero-order chi connectivity index (χ0) is 29.6. The van der Waals surface area contributed by atoms with E-state index in [1.165, 1.54) is 19.3 Å². The smallest absolute Gasteiger partial charge is 0.246 e. The first kappa shape index (κ1) is 29.4. The molecule has 2 bridgehead atoms. The lowest BCUT2D eigenvalue weighted by Gasteiger charge is -2.38. The first-order valence-corrected chi connectivity index (χ1v) is 16.3. The third-order valence-electron chi connectivity index (χ3n) is 11.1. The Morgan fingerprint density at radius 1 is 0.976 bits per heavy atom. The second-order valence-electron chi connectivity index (χ2n) is 13.7. The Labute approximate surface area is 250 Å². The SMILES string of the molecule is Cc1ccc(NC(=O)C2C3C=CC4(O3)C2C(=O)N(CCN2CCCCCC2)C4C(=O)NC2CCCC(C)C2C)cc1C. The lowest BCUT2D eigenvalue weighted by atomic mass is 9.73. The van der Waals surface area contributed by atoms with Crippen LogP contribution in [0.15, 0.2) is 30.4 Å². The molecule has 4 aliphatic heterocycles. The average molecular weight is 577 g/mol. The first-order valence-electron chi connectivity index (χ1n) is 16.3. The minimum absolute atomic E-state index is 0.0747. The molecule has 4 fully saturated rings. The number of hydrogen-bond acceptors (Lipinski definition) is 5. The summed E-state index contributed by atoms with van der Waals surface area (Å²) >= 11 is 0. The standard InChI is InChI=1S/C34H48N4O4/c1-21-12-13-25(20-23(21)3)35-31(39)28-27-14-15-34(42-27)29(28)33(41)38(19-18-37-16-7-5-6-8-17-37)30(34)32(40)36-26-11-9-10-22(2)24(26)4/h12-15,20,22,24,26-30H,5-11,16-19H2,1-4H3,(H,35,39)(H,36,40). The van der Waals surface area contributed by atoms with E-state index in [4.69, 9.17) is 4.74 Å². The zero-order valence-corrected chi connectivity index (χ0v) is 25.7. The third-order valence-corrected chi connectivity index (χ3v) is 11.1. The Morgan fingerprint density at radius 3 is 2.48 bits per heavy atom. The number of rotatable bonds is 7. The summed E-state index contributed by atoms with van der Waals surface area (Å²) in [5, 5.41) is 6.42. The van der Waals surface area contributed by atoms with E-state index in [0.29, 0.717) is 24.1 Å². The number of aryl methyl sites for hydroxylation is 2. The van der Waals surface area contributed by atoms with Crippen molar-refractivity contribution in [3.63, 3.8) is 0 Å². The molecule has 8 heteroatoms. The number of anilines is 1. The van der Waals surface area contributed by atoms with Gasteiger partial charge >= 0.3 is 0 Å². The van der Waals surface area contributed by atoms with Crippen LogP contribution in [0.2, 0.25) is 0 Å². The maximum Gasteiger partial charge on any atom is 0.246 e. The molecule has 1 saturated carbocycles. The molecule has 1 aliphatic carbocycles. The summed E-state index contributed by atoms with van der Waals surface area (Å²) < 4.78 is 6.57. The van der Waals surface area contributed by atoms with Crippen molar-refractivity contribution in [2.45, 2.75) is 96.4 Å². The van der Waals surface area contributed by atoms with E-state index in [9.17, 15) is 14.4 Å². The van der Waals surface area contributed by atoms with E-state index in [-0.39, 0.29) is 23.8 Å². The van der Waals surface area contributed by atoms with Crippen molar-refractivity contribution < 1.29 is 19.1 Å². The molecule has 42 heavy (non-hydrogen) atoms. The summed E-state index contributed by atoms with van der Waals surface area (Å²) in [7, 11) is 0. The van der Waals surface area contributed by atoms with E-state index in [0.717, 1.165) is 56.4 Å². The van der Waals surface area contributed by atoms with Gasteiger partial charge in [0.25, 0.3) is 0 Å². The van der Waals surface area contributed by atoms with Crippen molar-refractivity contribution in [3.05, 3.63) is 41.5 Å². The monoisotopic (exact) mass is 576 g/mol. The van der Waals surface area contributed by atoms with Crippen LogP contribution < -0.4 is 10.6 Å². The van der Waals surface area contributed by atoms with Crippen molar-refractivity contribution in [2.24, 2.45) is 23.7 Å². The molecule has 0 radical (unpaired) electrons. The second kappa shape index (κ2) is 11.8. The molecule has 228 valence electrons. The maximum atomic E-state index is 14.3. The van der Waals surface area contributed by atoms with E-state index >= 15 is 0 Å². The topological polar surface area (TPSA) is 91.0 Å². The Kier molecular flexibility index (Phi) is 8.22. The summed E-state index contributed by atoms with van der Waals surface area (Å²) in [6.07, 6.45) is 11.3. The quantitative estimate of drug-likeness (QED) is 0.475. The average Bonchev–Trinajstić information content (AvgIpc) is 3.51. The summed E-state index contributed by atoms with van der Waals surface area (Å²) in [6, 6.07) is 5.13. The van der Waals surface area contributed by atoms with Gasteiger partial charge in [0.2, 0.25) is 17.7 Å². The van der Waals surface area contributed by atoms with Crippen LogP contribution in [0.5, 0.6) is 0 Å². The number of carbonyl (C=O) groups is 3. The molecule has 6 rings (SSSR count). The minimum Gasteiger partial charge on any atom is -0.359 e. The first-order chi connectivity index (χ1) is 20.2. The molecule has 5 aliphatic rings. The van der Waals surface area contributed by atoms with Gasteiger partial charge in [-0.3, -0.25) is 14.4 Å². The van der Waals surface area contributed by atoms with Gasteiger partial charge in [0, 0.05) is 24.8 Å². The van der Waals surface area contributed by atoms with Crippen LogP contribution in [0.3, 0.4) is 0 Å². The normalized spacial score (nSPS) is 36.1. The van der Waals surface area contributed by atoms with Crippen molar-refractivity contribution >= 4 is 23.4 Å². The lowest BCUT2D eigenvalue weighted by molar-refractivity contribution is -0.141. The number of amides is 3. The largest absolute Gasteiger partial charge is 0.359 e. The summed E-state index contributed by atoms with van der Waals surface area (Å²) in [5.41, 5.74) is 1.83. The number of fused-ring (bicyclic) bond motifs is 1.